The predicted molar refractivity (Wildman–Crippen MR) is 91.6 cm³/mol. The van der Waals surface area contributed by atoms with Gasteiger partial charge in [0.15, 0.2) is 0 Å². The molecular formula is C18H23N3O2. The summed E-state index contributed by atoms with van der Waals surface area (Å²) in [6.07, 6.45) is 4.25. The molecular weight excluding hydrogens is 290 g/mol. The van der Waals surface area contributed by atoms with E-state index in [1.807, 2.05) is 26.0 Å². The highest BCUT2D eigenvalue weighted by molar-refractivity contribution is 5.94. The SMILES string of the molecule is CCCCNC(=O)c1ccc(-c2cc(CC)c(=O)[nH]c2C)nc1. The molecule has 2 aromatic rings. The average Bonchev–Trinajstić information content (AvgIpc) is 2.55. The summed E-state index contributed by atoms with van der Waals surface area (Å²) in [4.78, 5) is 31.0. The molecule has 0 saturated heterocycles. The number of aromatic nitrogens is 2. The number of H-pyrrole nitrogens is 1. The van der Waals surface area contributed by atoms with Crippen LogP contribution in [0.25, 0.3) is 11.3 Å². The van der Waals surface area contributed by atoms with Crippen LogP contribution in [0.2, 0.25) is 0 Å². The van der Waals surface area contributed by atoms with E-state index in [4.69, 9.17) is 0 Å². The molecule has 5 heteroatoms. The summed E-state index contributed by atoms with van der Waals surface area (Å²) >= 11 is 0. The molecule has 2 heterocycles. The number of pyridine rings is 2. The Balaban J connectivity index is 2.23. The maximum Gasteiger partial charge on any atom is 0.252 e. The third-order valence-corrected chi connectivity index (χ3v) is 3.81. The van der Waals surface area contributed by atoms with Crippen LogP contribution in [0.4, 0.5) is 0 Å². The second-order valence-corrected chi connectivity index (χ2v) is 5.56. The van der Waals surface area contributed by atoms with Gasteiger partial charge in [0, 0.05) is 29.6 Å². The van der Waals surface area contributed by atoms with Gasteiger partial charge in [0.1, 0.15) is 0 Å². The fraction of sp³-hybridized carbons (Fsp3) is 0.389. The van der Waals surface area contributed by atoms with Crippen LogP contribution in [0.15, 0.2) is 29.2 Å². The molecule has 122 valence electrons. The Labute approximate surface area is 136 Å². The third kappa shape index (κ3) is 4.06. The number of nitrogens with one attached hydrogen (secondary N) is 2. The van der Waals surface area contributed by atoms with Crippen LogP contribution in [0.5, 0.6) is 0 Å². The zero-order chi connectivity index (χ0) is 16.8. The van der Waals surface area contributed by atoms with Crippen molar-refractivity contribution in [2.75, 3.05) is 6.54 Å². The summed E-state index contributed by atoms with van der Waals surface area (Å²) in [5.41, 5.74) is 3.63. The molecule has 0 fully saturated rings. The molecule has 23 heavy (non-hydrogen) atoms. The normalized spacial score (nSPS) is 10.6. The van der Waals surface area contributed by atoms with Crippen molar-refractivity contribution in [2.45, 2.75) is 40.0 Å². The van der Waals surface area contributed by atoms with Crippen molar-refractivity contribution in [2.24, 2.45) is 0 Å². The van der Waals surface area contributed by atoms with Gasteiger partial charge in [-0.25, -0.2) is 0 Å². The van der Waals surface area contributed by atoms with Gasteiger partial charge < -0.3 is 10.3 Å². The summed E-state index contributed by atoms with van der Waals surface area (Å²) in [6, 6.07) is 5.45. The van der Waals surface area contributed by atoms with E-state index < -0.39 is 0 Å². The Bertz CT molecular complexity index is 733. The van der Waals surface area contributed by atoms with Gasteiger partial charge in [0.05, 0.1) is 11.3 Å². The molecule has 5 nitrogen and oxygen atoms in total. The molecule has 0 aliphatic rings. The van der Waals surface area contributed by atoms with Crippen molar-refractivity contribution in [3.8, 4) is 11.3 Å². The number of carbonyl (C=O) groups excluding carboxylic acids is 1. The molecule has 0 radical (unpaired) electrons. The van der Waals surface area contributed by atoms with Gasteiger partial charge >= 0.3 is 0 Å². The summed E-state index contributed by atoms with van der Waals surface area (Å²) in [5.74, 6) is -0.107. The zero-order valence-corrected chi connectivity index (χ0v) is 13.9. The van der Waals surface area contributed by atoms with E-state index >= 15 is 0 Å². The molecule has 0 aromatic carbocycles. The van der Waals surface area contributed by atoms with Gasteiger partial charge in [0.2, 0.25) is 0 Å². The molecule has 0 bridgehead atoms. The average molecular weight is 313 g/mol. The van der Waals surface area contributed by atoms with Gasteiger partial charge in [0.25, 0.3) is 11.5 Å². The number of aromatic amines is 1. The number of amides is 1. The maximum absolute atomic E-state index is 12.0. The number of hydrogen-bond acceptors (Lipinski definition) is 3. The fourth-order valence-electron chi connectivity index (χ4n) is 2.36. The Hall–Kier alpha value is -2.43. The Morgan fingerprint density at radius 1 is 1.30 bits per heavy atom. The Morgan fingerprint density at radius 2 is 2.09 bits per heavy atom. The molecule has 0 aliphatic heterocycles. The second kappa shape index (κ2) is 7.72. The van der Waals surface area contributed by atoms with E-state index in [9.17, 15) is 9.59 Å². The van der Waals surface area contributed by atoms with Crippen molar-refractivity contribution in [3.63, 3.8) is 0 Å². The van der Waals surface area contributed by atoms with Gasteiger partial charge in [-0.15, -0.1) is 0 Å². The maximum atomic E-state index is 12.0. The van der Waals surface area contributed by atoms with Crippen LogP contribution in [0, 0.1) is 6.92 Å². The largest absolute Gasteiger partial charge is 0.352 e. The minimum Gasteiger partial charge on any atom is -0.352 e. The second-order valence-electron chi connectivity index (χ2n) is 5.56. The number of nitrogens with zero attached hydrogens (tertiary/aromatic N) is 1. The molecule has 2 aromatic heterocycles. The molecule has 1 amide bonds. The van der Waals surface area contributed by atoms with E-state index in [2.05, 4.69) is 22.2 Å². The molecule has 0 atom stereocenters. The first kappa shape index (κ1) is 16.9. The van der Waals surface area contributed by atoms with Crippen LogP contribution >= 0.6 is 0 Å². The molecule has 0 unspecified atom stereocenters. The Kier molecular flexibility index (Phi) is 5.68. The van der Waals surface area contributed by atoms with E-state index in [0.29, 0.717) is 18.5 Å². The number of unbranched alkanes of at least 4 members (excludes halogenated alkanes) is 1. The highest BCUT2D eigenvalue weighted by Crippen LogP contribution is 2.20. The topological polar surface area (TPSA) is 74.8 Å². The van der Waals surface area contributed by atoms with E-state index in [1.165, 1.54) is 0 Å². The van der Waals surface area contributed by atoms with Gasteiger partial charge in [-0.3, -0.25) is 14.6 Å². The summed E-state index contributed by atoms with van der Waals surface area (Å²) in [5, 5.41) is 2.87. The molecule has 2 N–H and O–H groups in total. The van der Waals surface area contributed by atoms with E-state index in [-0.39, 0.29) is 11.5 Å². The predicted octanol–water partition coefficient (Wildman–Crippen LogP) is 2.84. The first-order valence-electron chi connectivity index (χ1n) is 8.04. The van der Waals surface area contributed by atoms with Crippen molar-refractivity contribution < 1.29 is 4.79 Å². The van der Waals surface area contributed by atoms with Gasteiger partial charge in [-0.1, -0.05) is 20.3 Å². The van der Waals surface area contributed by atoms with Crippen LogP contribution in [-0.2, 0) is 6.42 Å². The lowest BCUT2D eigenvalue weighted by atomic mass is 10.1. The number of hydrogen-bond donors (Lipinski definition) is 2. The van der Waals surface area contributed by atoms with Crippen LogP contribution in [0.3, 0.4) is 0 Å². The lowest BCUT2D eigenvalue weighted by molar-refractivity contribution is 0.0953. The van der Waals surface area contributed by atoms with Crippen LogP contribution in [0.1, 0.15) is 48.3 Å². The summed E-state index contributed by atoms with van der Waals surface area (Å²) in [6.45, 7) is 6.56. The van der Waals surface area contributed by atoms with Crippen LogP contribution in [-0.4, -0.2) is 22.4 Å². The monoisotopic (exact) mass is 313 g/mol. The number of carbonyl (C=O) groups is 1. The third-order valence-electron chi connectivity index (χ3n) is 3.81. The van der Waals surface area contributed by atoms with E-state index in [1.54, 1.807) is 12.3 Å². The smallest absolute Gasteiger partial charge is 0.252 e. The van der Waals surface area contributed by atoms with Crippen molar-refractivity contribution >= 4 is 5.91 Å². The molecule has 2 rings (SSSR count). The summed E-state index contributed by atoms with van der Waals surface area (Å²) in [7, 11) is 0. The molecule has 0 aliphatic carbocycles. The van der Waals surface area contributed by atoms with Crippen molar-refractivity contribution in [3.05, 3.63) is 51.6 Å². The first-order valence-corrected chi connectivity index (χ1v) is 8.04. The van der Waals surface area contributed by atoms with Crippen molar-refractivity contribution in [1.29, 1.82) is 0 Å². The van der Waals surface area contributed by atoms with Crippen LogP contribution < -0.4 is 10.9 Å². The highest BCUT2D eigenvalue weighted by Gasteiger charge is 2.10. The van der Waals surface area contributed by atoms with Gasteiger partial charge in [-0.2, -0.15) is 0 Å². The lowest BCUT2D eigenvalue weighted by Gasteiger charge is -2.08. The standard InChI is InChI=1S/C18H23N3O2/c1-4-6-9-19-17(22)14-7-8-16(20-11-14)15-10-13(5-2)18(23)21-12(15)3/h7-8,10-11H,4-6,9H2,1-3H3,(H,19,22)(H,21,23). The Morgan fingerprint density at radius 3 is 2.70 bits per heavy atom. The fourth-order valence-corrected chi connectivity index (χ4v) is 2.36. The quantitative estimate of drug-likeness (QED) is 0.805. The number of rotatable bonds is 6. The highest BCUT2D eigenvalue weighted by atomic mass is 16.1. The zero-order valence-electron chi connectivity index (χ0n) is 13.9. The molecule has 0 spiro atoms. The molecule has 0 saturated carbocycles. The van der Waals surface area contributed by atoms with E-state index in [0.717, 1.165) is 35.4 Å². The van der Waals surface area contributed by atoms with Gasteiger partial charge in [-0.05, 0) is 38.0 Å². The lowest BCUT2D eigenvalue weighted by Crippen LogP contribution is -2.24. The number of aryl methyl sites for hydroxylation is 2. The summed E-state index contributed by atoms with van der Waals surface area (Å²) < 4.78 is 0. The first-order chi connectivity index (χ1) is 11.1. The van der Waals surface area contributed by atoms with Crippen molar-refractivity contribution in [1.82, 2.24) is 15.3 Å². The minimum absolute atomic E-state index is 0.0549. The minimum atomic E-state index is -0.107.